The van der Waals surface area contributed by atoms with Crippen LogP contribution in [0.25, 0.3) is 0 Å². The molecule has 1 aliphatic carbocycles. The van der Waals surface area contributed by atoms with Gasteiger partial charge in [-0.3, -0.25) is 4.98 Å². The van der Waals surface area contributed by atoms with Crippen molar-refractivity contribution in [2.75, 3.05) is 41.8 Å². The van der Waals surface area contributed by atoms with Crippen LogP contribution < -0.4 is 20.3 Å². The number of nitrogen functional groups attached to an aromatic ring is 1. The average Bonchev–Trinajstić information content (AvgIpc) is 3.50. The van der Waals surface area contributed by atoms with E-state index >= 15 is 0 Å². The maximum atomic E-state index is 6.41. The fourth-order valence-corrected chi connectivity index (χ4v) is 7.04. The zero-order chi connectivity index (χ0) is 23.4. The second-order valence-electron chi connectivity index (χ2n) is 10.2. The smallest absolute Gasteiger partial charge is 0.175 e. The van der Waals surface area contributed by atoms with Crippen LogP contribution in [0.2, 0.25) is 0 Å². The fraction of sp³-hybridized carbons (Fsp3) is 0.462. The molecule has 4 aliphatic rings. The maximum Gasteiger partial charge on any atom is 0.175 e. The van der Waals surface area contributed by atoms with Crippen molar-refractivity contribution in [3.63, 3.8) is 0 Å². The lowest BCUT2D eigenvalue weighted by Crippen LogP contribution is -2.41. The Kier molecular flexibility index (Phi) is 5.01. The van der Waals surface area contributed by atoms with Gasteiger partial charge >= 0.3 is 0 Å². The van der Waals surface area contributed by atoms with Gasteiger partial charge in [0.15, 0.2) is 17.4 Å². The molecule has 7 rings (SSSR count). The first-order valence-electron chi connectivity index (χ1n) is 12.5. The summed E-state index contributed by atoms with van der Waals surface area (Å²) in [7, 11) is 0. The standard InChI is InChI=1S/C26H29N7OS/c27-23-25(35-20-5-9-29-24-22(20)34-16-18-4-2-10-33(18)24)30-15-21(31-23)32-11-6-26(7-12-32)13-17-3-1-8-28-19(17)14-26/h1,3,5,8-9,15,18H,2,4,6-7,10-14,16H2,(H2,27,31)/t18-/m0/s1. The third kappa shape index (κ3) is 3.67. The monoisotopic (exact) mass is 487 g/mol. The van der Waals surface area contributed by atoms with E-state index in [1.165, 1.54) is 35.9 Å². The topological polar surface area (TPSA) is 93.3 Å². The van der Waals surface area contributed by atoms with Crippen LogP contribution in [0.1, 0.15) is 36.9 Å². The van der Waals surface area contributed by atoms with E-state index in [0.717, 1.165) is 67.6 Å². The quantitative estimate of drug-likeness (QED) is 0.593. The Bertz CT molecular complexity index is 1250. The molecular weight excluding hydrogens is 458 g/mol. The first-order chi connectivity index (χ1) is 17.2. The zero-order valence-electron chi connectivity index (χ0n) is 19.7. The first kappa shape index (κ1) is 21.2. The molecule has 0 unspecified atom stereocenters. The van der Waals surface area contributed by atoms with Crippen molar-refractivity contribution in [1.29, 1.82) is 0 Å². The van der Waals surface area contributed by atoms with Gasteiger partial charge < -0.3 is 20.3 Å². The molecule has 0 radical (unpaired) electrons. The predicted molar refractivity (Wildman–Crippen MR) is 136 cm³/mol. The number of piperidine rings is 1. The van der Waals surface area contributed by atoms with Gasteiger partial charge in [-0.2, -0.15) is 0 Å². The van der Waals surface area contributed by atoms with E-state index in [1.54, 1.807) is 0 Å². The minimum absolute atomic E-state index is 0.344. The number of nitrogens with two attached hydrogens (primary N) is 1. The molecule has 2 saturated heterocycles. The van der Waals surface area contributed by atoms with E-state index in [9.17, 15) is 0 Å². The van der Waals surface area contributed by atoms with Gasteiger partial charge in [0.1, 0.15) is 17.5 Å². The van der Waals surface area contributed by atoms with Crippen molar-refractivity contribution < 1.29 is 4.74 Å². The fourth-order valence-electron chi connectivity index (χ4n) is 6.20. The molecule has 8 nitrogen and oxygen atoms in total. The van der Waals surface area contributed by atoms with Crippen molar-refractivity contribution in [3.8, 4) is 5.75 Å². The second kappa shape index (κ2) is 8.26. The van der Waals surface area contributed by atoms with Gasteiger partial charge in [-0.15, -0.1) is 0 Å². The molecule has 9 heteroatoms. The van der Waals surface area contributed by atoms with E-state index in [2.05, 4.69) is 31.9 Å². The molecule has 6 heterocycles. The molecule has 3 aromatic rings. The number of rotatable bonds is 3. The minimum atomic E-state index is 0.344. The van der Waals surface area contributed by atoms with Gasteiger partial charge in [0.05, 0.1) is 17.1 Å². The summed E-state index contributed by atoms with van der Waals surface area (Å²) in [5.41, 5.74) is 9.47. The number of nitrogens with zero attached hydrogens (tertiary/aromatic N) is 6. The highest BCUT2D eigenvalue weighted by molar-refractivity contribution is 7.99. The summed E-state index contributed by atoms with van der Waals surface area (Å²) in [6.45, 7) is 3.69. The molecule has 1 spiro atoms. The Morgan fingerprint density at radius 1 is 1.06 bits per heavy atom. The third-order valence-electron chi connectivity index (χ3n) is 8.12. The van der Waals surface area contributed by atoms with E-state index in [-0.39, 0.29) is 0 Å². The number of aromatic nitrogens is 4. The van der Waals surface area contributed by atoms with Crippen LogP contribution >= 0.6 is 11.8 Å². The Morgan fingerprint density at radius 3 is 2.83 bits per heavy atom. The van der Waals surface area contributed by atoms with Crippen molar-refractivity contribution in [1.82, 2.24) is 19.9 Å². The van der Waals surface area contributed by atoms with Crippen LogP contribution in [-0.4, -0.2) is 52.2 Å². The number of hydrogen-bond donors (Lipinski definition) is 1. The van der Waals surface area contributed by atoms with Crippen molar-refractivity contribution in [2.45, 2.75) is 54.5 Å². The minimum Gasteiger partial charge on any atom is -0.486 e. The number of hydrogen-bond acceptors (Lipinski definition) is 9. The van der Waals surface area contributed by atoms with Crippen LogP contribution in [0, 0.1) is 5.41 Å². The first-order valence-corrected chi connectivity index (χ1v) is 13.4. The molecule has 0 bridgehead atoms. The summed E-state index contributed by atoms with van der Waals surface area (Å²) in [4.78, 5) is 24.4. The van der Waals surface area contributed by atoms with E-state index < -0.39 is 0 Å². The highest BCUT2D eigenvalue weighted by Crippen LogP contribution is 2.46. The van der Waals surface area contributed by atoms with Crippen LogP contribution in [0.4, 0.5) is 17.5 Å². The van der Waals surface area contributed by atoms with Crippen LogP contribution in [0.15, 0.2) is 46.7 Å². The number of ether oxygens (including phenoxy) is 1. The van der Waals surface area contributed by atoms with E-state index in [1.807, 2.05) is 24.7 Å². The lowest BCUT2D eigenvalue weighted by Gasteiger charge is -2.39. The van der Waals surface area contributed by atoms with Gasteiger partial charge in [0, 0.05) is 37.7 Å². The maximum absolute atomic E-state index is 6.41. The van der Waals surface area contributed by atoms with Gasteiger partial charge in [0.2, 0.25) is 0 Å². The number of anilines is 3. The highest BCUT2D eigenvalue weighted by Gasteiger charge is 2.41. The summed E-state index contributed by atoms with van der Waals surface area (Å²) in [6.07, 6.45) is 12.5. The summed E-state index contributed by atoms with van der Waals surface area (Å²) in [5.74, 6) is 3.11. The molecule has 2 fully saturated rings. The SMILES string of the molecule is Nc1nc(N2CCC3(CC2)Cc2cccnc2C3)cnc1Sc1ccnc2c1OC[C@@H]1CCCN21. The van der Waals surface area contributed by atoms with Gasteiger partial charge in [0.25, 0.3) is 0 Å². The summed E-state index contributed by atoms with van der Waals surface area (Å²) < 4.78 is 6.14. The van der Waals surface area contributed by atoms with E-state index in [4.69, 9.17) is 20.4 Å². The van der Waals surface area contributed by atoms with Gasteiger partial charge in [-0.1, -0.05) is 17.8 Å². The summed E-state index contributed by atoms with van der Waals surface area (Å²) in [5, 5.41) is 0.708. The molecule has 0 aromatic carbocycles. The Labute approximate surface area is 209 Å². The zero-order valence-corrected chi connectivity index (χ0v) is 20.5. The molecule has 35 heavy (non-hydrogen) atoms. The molecule has 180 valence electrons. The molecule has 0 saturated carbocycles. The second-order valence-corrected chi connectivity index (χ2v) is 11.3. The van der Waals surface area contributed by atoms with Crippen molar-refractivity contribution >= 4 is 29.2 Å². The van der Waals surface area contributed by atoms with Crippen LogP contribution in [0.3, 0.4) is 0 Å². The Morgan fingerprint density at radius 2 is 1.97 bits per heavy atom. The van der Waals surface area contributed by atoms with Crippen molar-refractivity contribution in [2.24, 2.45) is 5.41 Å². The molecule has 2 N–H and O–H groups in total. The van der Waals surface area contributed by atoms with Crippen LogP contribution in [0.5, 0.6) is 5.75 Å². The third-order valence-corrected chi connectivity index (χ3v) is 9.17. The van der Waals surface area contributed by atoms with Gasteiger partial charge in [-0.05, 0) is 61.6 Å². The molecule has 3 aromatic heterocycles. The van der Waals surface area contributed by atoms with Crippen molar-refractivity contribution in [3.05, 3.63) is 48.0 Å². The Balaban J connectivity index is 1.06. The highest BCUT2D eigenvalue weighted by atomic mass is 32.2. The van der Waals surface area contributed by atoms with Crippen LogP contribution in [-0.2, 0) is 12.8 Å². The Hall–Kier alpha value is -3.07. The number of fused-ring (bicyclic) bond motifs is 4. The molecular formula is C26H29N7OS. The summed E-state index contributed by atoms with van der Waals surface area (Å²) >= 11 is 1.51. The lowest BCUT2D eigenvalue weighted by molar-refractivity contribution is 0.231. The van der Waals surface area contributed by atoms with Gasteiger partial charge in [-0.25, -0.2) is 15.0 Å². The molecule has 0 amide bonds. The van der Waals surface area contributed by atoms with E-state index in [0.29, 0.717) is 28.9 Å². The molecule has 3 aliphatic heterocycles. The average molecular weight is 488 g/mol. The molecule has 1 atom stereocenters. The lowest BCUT2D eigenvalue weighted by atomic mass is 9.76. The predicted octanol–water partition coefficient (Wildman–Crippen LogP) is 3.75. The number of pyridine rings is 2. The largest absolute Gasteiger partial charge is 0.486 e. The normalized spacial score (nSPS) is 22.0. The summed E-state index contributed by atoms with van der Waals surface area (Å²) in [6, 6.07) is 6.72.